The molecule has 2 rings (SSSR count). The summed E-state index contributed by atoms with van der Waals surface area (Å²) in [6, 6.07) is 12.4. The van der Waals surface area contributed by atoms with Crippen molar-refractivity contribution < 1.29 is 28.5 Å². The fourth-order valence-electron chi connectivity index (χ4n) is 3.62. The molecule has 6 heteroatoms. The van der Waals surface area contributed by atoms with E-state index in [0.29, 0.717) is 30.8 Å². The third-order valence-corrected chi connectivity index (χ3v) is 6.05. The Morgan fingerprint density at radius 1 is 0.838 bits per heavy atom. The Bertz CT molecular complexity index is 1140. The molecule has 0 radical (unpaired) electrons. The predicted molar refractivity (Wildman–Crippen MR) is 146 cm³/mol. The Labute approximate surface area is 221 Å². The average molecular weight is 509 g/mol. The lowest BCUT2D eigenvalue weighted by molar-refractivity contribution is -0.144. The number of rotatable bonds is 13. The molecule has 0 aliphatic carbocycles. The van der Waals surface area contributed by atoms with Gasteiger partial charge in [0, 0.05) is 23.0 Å². The Kier molecular flexibility index (Phi) is 10.5. The molecule has 0 aliphatic rings. The van der Waals surface area contributed by atoms with E-state index in [-0.39, 0.29) is 24.1 Å². The van der Waals surface area contributed by atoms with E-state index in [1.165, 1.54) is 5.56 Å². The maximum atomic E-state index is 11.7. The summed E-state index contributed by atoms with van der Waals surface area (Å²) in [4.78, 5) is 23.1. The summed E-state index contributed by atoms with van der Waals surface area (Å²) in [5, 5.41) is 0. The zero-order valence-electron chi connectivity index (χ0n) is 23.2. The SMILES string of the molecule is C=C(C)C(=O)OCCCOc1ccc(C(C)(C)c2ccc(OCC(C)OC(=O)C(=C)C)c(C)c2)cc1C. The van der Waals surface area contributed by atoms with Crippen molar-refractivity contribution in [1.82, 2.24) is 0 Å². The Balaban J connectivity index is 2.00. The van der Waals surface area contributed by atoms with Crippen molar-refractivity contribution in [2.24, 2.45) is 0 Å². The fraction of sp³-hybridized carbons (Fsp3) is 0.419. The summed E-state index contributed by atoms with van der Waals surface area (Å²) >= 11 is 0. The third-order valence-electron chi connectivity index (χ3n) is 6.05. The van der Waals surface area contributed by atoms with Crippen molar-refractivity contribution in [2.45, 2.75) is 66.4 Å². The molecule has 0 amide bonds. The van der Waals surface area contributed by atoms with E-state index in [9.17, 15) is 9.59 Å². The van der Waals surface area contributed by atoms with E-state index in [4.69, 9.17) is 18.9 Å². The monoisotopic (exact) mass is 508 g/mol. The van der Waals surface area contributed by atoms with Crippen LogP contribution in [0, 0.1) is 13.8 Å². The number of carbonyl (C=O) groups is 2. The lowest BCUT2D eigenvalue weighted by Gasteiger charge is -2.28. The molecule has 0 saturated carbocycles. The van der Waals surface area contributed by atoms with Gasteiger partial charge < -0.3 is 18.9 Å². The van der Waals surface area contributed by atoms with Gasteiger partial charge >= 0.3 is 11.9 Å². The highest BCUT2D eigenvalue weighted by atomic mass is 16.6. The molecule has 0 bridgehead atoms. The smallest absolute Gasteiger partial charge is 0.333 e. The van der Waals surface area contributed by atoms with Gasteiger partial charge in [0.2, 0.25) is 0 Å². The first kappa shape index (κ1) is 29.7. The molecular weight excluding hydrogens is 468 g/mol. The summed E-state index contributed by atoms with van der Waals surface area (Å²) in [5.74, 6) is 0.774. The summed E-state index contributed by atoms with van der Waals surface area (Å²) in [7, 11) is 0. The molecule has 0 aromatic heterocycles. The average Bonchev–Trinajstić information content (AvgIpc) is 2.83. The van der Waals surface area contributed by atoms with Crippen LogP contribution in [0.5, 0.6) is 11.5 Å². The molecule has 1 unspecified atom stereocenters. The topological polar surface area (TPSA) is 71.1 Å². The minimum absolute atomic E-state index is 0.242. The van der Waals surface area contributed by atoms with Gasteiger partial charge in [-0.2, -0.15) is 0 Å². The van der Waals surface area contributed by atoms with E-state index in [1.807, 2.05) is 26.0 Å². The lowest BCUT2D eigenvalue weighted by Crippen LogP contribution is -2.22. The van der Waals surface area contributed by atoms with Crippen LogP contribution in [-0.2, 0) is 24.5 Å². The van der Waals surface area contributed by atoms with Crippen molar-refractivity contribution in [3.05, 3.63) is 83.0 Å². The standard InChI is InChI=1S/C31H40O6/c1-20(2)29(32)35-16-10-15-34-27-13-11-25(17-22(27)5)31(8,9)26-12-14-28(23(6)18-26)36-19-24(7)37-30(33)21(3)4/h11-14,17-18,24H,1,3,10,15-16,19H2,2,4-9H3. The second kappa shape index (κ2) is 13.1. The van der Waals surface area contributed by atoms with Gasteiger partial charge in [0.25, 0.3) is 0 Å². The summed E-state index contributed by atoms with van der Waals surface area (Å²) in [6.07, 6.45) is 0.226. The second-order valence-corrected chi connectivity index (χ2v) is 10.0. The maximum absolute atomic E-state index is 11.7. The summed E-state index contributed by atoms with van der Waals surface area (Å²) in [6.45, 7) is 21.6. The van der Waals surface area contributed by atoms with Crippen LogP contribution in [-0.4, -0.2) is 37.9 Å². The van der Waals surface area contributed by atoms with Gasteiger partial charge in [-0.05, 0) is 69.0 Å². The Hall–Kier alpha value is -3.54. The van der Waals surface area contributed by atoms with Crippen LogP contribution in [0.3, 0.4) is 0 Å². The zero-order valence-corrected chi connectivity index (χ0v) is 23.2. The number of esters is 2. The van der Waals surface area contributed by atoms with E-state index in [2.05, 4.69) is 51.3 Å². The molecule has 0 spiro atoms. The predicted octanol–water partition coefficient (Wildman–Crippen LogP) is 6.40. The lowest BCUT2D eigenvalue weighted by atomic mass is 9.77. The minimum Gasteiger partial charge on any atom is -0.493 e. The first-order valence-electron chi connectivity index (χ1n) is 12.5. The Morgan fingerprint density at radius 2 is 1.35 bits per heavy atom. The molecule has 200 valence electrons. The van der Waals surface area contributed by atoms with Crippen LogP contribution >= 0.6 is 0 Å². The van der Waals surface area contributed by atoms with Crippen LogP contribution in [0.2, 0.25) is 0 Å². The molecule has 1 atom stereocenters. The first-order chi connectivity index (χ1) is 17.3. The van der Waals surface area contributed by atoms with E-state index in [0.717, 1.165) is 28.2 Å². The van der Waals surface area contributed by atoms with Gasteiger partial charge in [0.1, 0.15) is 24.2 Å². The number of ether oxygens (including phenoxy) is 4. The Morgan fingerprint density at radius 3 is 1.84 bits per heavy atom. The molecule has 0 N–H and O–H groups in total. The van der Waals surface area contributed by atoms with Crippen LogP contribution in [0.1, 0.15) is 63.3 Å². The quantitative estimate of drug-likeness (QED) is 0.177. The van der Waals surface area contributed by atoms with Gasteiger partial charge in [-0.15, -0.1) is 0 Å². The van der Waals surface area contributed by atoms with Gasteiger partial charge in [-0.1, -0.05) is 51.3 Å². The summed E-state index contributed by atoms with van der Waals surface area (Å²) in [5.41, 5.74) is 4.89. The van der Waals surface area contributed by atoms with E-state index < -0.39 is 5.97 Å². The largest absolute Gasteiger partial charge is 0.493 e. The molecule has 37 heavy (non-hydrogen) atoms. The van der Waals surface area contributed by atoms with E-state index in [1.54, 1.807) is 20.8 Å². The highest BCUT2D eigenvalue weighted by Crippen LogP contribution is 2.36. The number of hydrogen-bond donors (Lipinski definition) is 0. The summed E-state index contributed by atoms with van der Waals surface area (Å²) < 4.78 is 22.2. The molecule has 0 saturated heterocycles. The third kappa shape index (κ3) is 8.52. The maximum Gasteiger partial charge on any atom is 0.333 e. The molecule has 0 heterocycles. The van der Waals surface area contributed by atoms with Crippen molar-refractivity contribution in [3.63, 3.8) is 0 Å². The minimum atomic E-state index is -0.416. The number of carbonyl (C=O) groups excluding carboxylic acids is 2. The molecule has 6 nitrogen and oxygen atoms in total. The first-order valence-corrected chi connectivity index (χ1v) is 12.5. The second-order valence-electron chi connectivity index (χ2n) is 10.0. The number of hydrogen-bond acceptors (Lipinski definition) is 6. The van der Waals surface area contributed by atoms with Gasteiger partial charge in [-0.3, -0.25) is 0 Å². The number of aryl methyl sites for hydroxylation is 2. The normalized spacial score (nSPS) is 11.9. The van der Waals surface area contributed by atoms with Gasteiger partial charge in [0.05, 0.1) is 13.2 Å². The van der Waals surface area contributed by atoms with Crippen molar-refractivity contribution >= 4 is 11.9 Å². The zero-order chi connectivity index (χ0) is 27.8. The van der Waals surface area contributed by atoms with Crippen molar-refractivity contribution in [3.8, 4) is 11.5 Å². The van der Waals surface area contributed by atoms with Crippen LogP contribution in [0.4, 0.5) is 0 Å². The molecular formula is C31H40O6. The van der Waals surface area contributed by atoms with E-state index >= 15 is 0 Å². The highest BCUT2D eigenvalue weighted by molar-refractivity contribution is 5.87. The molecule has 0 fully saturated rings. The number of benzene rings is 2. The van der Waals surface area contributed by atoms with Crippen LogP contribution < -0.4 is 9.47 Å². The highest BCUT2D eigenvalue weighted by Gasteiger charge is 2.25. The van der Waals surface area contributed by atoms with Crippen LogP contribution in [0.15, 0.2) is 60.7 Å². The van der Waals surface area contributed by atoms with Gasteiger partial charge in [0.15, 0.2) is 0 Å². The molecule has 2 aromatic carbocycles. The molecule has 0 aliphatic heterocycles. The fourth-order valence-corrected chi connectivity index (χ4v) is 3.62. The van der Waals surface area contributed by atoms with Crippen LogP contribution in [0.25, 0.3) is 0 Å². The van der Waals surface area contributed by atoms with Crippen molar-refractivity contribution in [1.29, 1.82) is 0 Å². The van der Waals surface area contributed by atoms with Gasteiger partial charge in [-0.25, -0.2) is 9.59 Å². The van der Waals surface area contributed by atoms with Crippen molar-refractivity contribution in [2.75, 3.05) is 19.8 Å². The molecule has 2 aromatic rings.